The van der Waals surface area contributed by atoms with Crippen LogP contribution in [0.4, 0.5) is 22.7 Å². The van der Waals surface area contributed by atoms with Crippen LogP contribution in [0.15, 0.2) is 140 Å². The van der Waals surface area contributed by atoms with E-state index < -0.39 is 0 Å². The molecular formula is C54H51N4OPt-3. The minimum Gasteiger partial charge on any atom is -0.509 e. The average Bonchev–Trinajstić information content (AvgIpc) is 3.76. The molecule has 0 atom stereocenters. The molecule has 3 heterocycles. The minimum absolute atomic E-state index is 0. The summed E-state index contributed by atoms with van der Waals surface area (Å²) in [5, 5.41) is 2.27. The van der Waals surface area contributed by atoms with Gasteiger partial charge in [-0.2, -0.15) is 12.1 Å². The van der Waals surface area contributed by atoms with E-state index in [1.54, 1.807) is 0 Å². The Morgan fingerprint density at radius 2 is 1.17 bits per heavy atom. The molecule has 1 aliphatic heterocycles. The van der Waals surface area contributed by atoms with E-state index in [4.69, 9.17) is 9.72 Å². The van der Waals surface area contributed by atoms with Crippen molar-refractivity contribution in [2.75, 3.05) is 9.80 Å². The van der Waals surface area contributed by atoms with Crippen molar-refractivity contribution in [3.8, 4) is 28.4 Å². The number of nitrogens with zero attached hydrogens (tertiary/aromatic N) is 4. The predicted octanol–water partition coefficient (Wildman–Crippen LogP) is 14.5. The van der Waals surface area contributed by atoms with Gasteiger partial charge in [0.2, 0.25) is 0 Å². The Balaban J connectivity index is 0.00000499. The Morgan fingerprint density at radius 3 is 1.88 bits per heavy atom. The Bertz CT molecular complexity index is 2860. The molecule has 2 aromatic heterocycles. The first-order valence-corrected chi connectivity index (χ1v) is 20.5. The van der Waals surface area contributed by atoms with Gasteiger partial charge in [-0.3, -0.25) is 0 Å². The van der Waals surface area contributed by atoms with Crippen LogP contribution in [0, 0.1) is 18.8 Å². The molecular weight excluding hydrogens is 916 g/mol. The number of pyridine rings is 1. The van der Waals surface area contributed by atoms with Crippen molar-refractivity contribution < 1.29 is 25.8 Å². The maximum Gasteiger partial charge on any atom is 0.135 e. The summed E-state index contributed by atoms with van der Waals surface area (Å²) in [4.78, 5) is 9.39. The van der Waals surface area contributed by atoms with Crippen molar-refractivity contribution in [2.24, 2.45) is 0 Å². The second kappa shape index (κ2) is 15.4. The van der Waals surface area contributed by atoms with Crippen LogP contribution >= 0.6 is 0 Å². The van der Waals surface area contributed by atoms with Crippen LogP contribution in [0.25, 0.3) is 38.8 Å². The van der Waals surface area contributed by atoms with Crippen LogP contribution in [0.1, 0.15) is 79.0 Å². The number of anilines is 4. The molecule has 0 spiro atoms. The third kappa shape index (κ3) is 7.65. The van der Waals surface area contributed by atoms with Crippen molar-refractivity contribution in [2.45, 2.75) is 78.6 Å². The topological polar surface area (TPSA) is 33.5 Å². The third-order valence-corrected chi connectivity index (χ3v) is 11.4. The van der Waals surface area contributed by atoms with E-state index in [9.17, 15) is 0 Å². The monoisotopic (exact) mass is 966 g/mol. The smallest absolute Gasteiger partial charge is 0.135 e. The summed E-state index contributed by atoms with van der Waals surface area (Å²) in [5.41, 5.74) is 12.3. The number of fused-ring (bicyclic) bond motifs is 4. The van der Waals surface area contributed by atoms with Crippen LogP contribution < -0.4 is 14.5 Å². The number of ether oxygens (including phenoxy) is 1. The first-order chi connectivity index (χ1) is 28.1. The second-order valence-electron chi connectivity index (χ2n) is 18.7. The Kier molecular flexibility index (Phi) is 10.6. The van der Waals surface area contributed by atoms with Gasteiger partial charge in [0.25, 0.3) is 0 Å². The zero-order chi connectivity index (χ0) is 41.3. The number of hydrogen-bond acceptors (Lipinski definition) is 4. The third-order valence-electron chi connectivity index (χ3n) is 11.4. The van der Waals surface area contributed by atoms with Gasteiger partial charge in [-0.1, -0.05) is 128 Å². The molecule has 0 saturated heterocycles. The van der Waals surface area contributed by atoms with Crippen LogP contribution in [-0.4, -0.2) is 9.55 Å². The zero-order valence-corrected chi connectivity index (χ0v) is 38.1. The molecule has 6 heteroatoms. The number of hydrogen-bond donors (Lipinski definition) is 0. The van der Waals surface area contributed by atoms with E-state index in [2.05, 4.69) is 211 Å². The quantitative estimate of drug-likeness (QED) is 0.156. The summed E-state index contributed by atoms with van der Waals surface area (Å²) in [7, 11) is 0. The van der Waals surface area contributed by atoms with E-state index in [1.165, 1.54) is 33.2 Å². The normalized spacial score (nSPS) is 13.2. The largest absolute Gasteiger partial charge is 0.509 e. The fraction of sp³-hybridized carbons (Fsp3) is 0.222. The van der Waals surface area contributed by atoms with Crippen molar-refractivity contribution in [1.29, 1.82) is 0 Å². The number of aromatic nitrogens is 2. The van der Waals surface area contributed by atoms with Gasteiger partial charge in [0, 0.05) is 66.9 Å². The van der Waals surface area contributed by atoms with Crippen molar-refractivity contribution in [3.05, 3.63) is 175 Å². The summed E-state index contributed by atoms with van der Waals surface area (Å²) in [6, 6.07) is 54.6. The second-order valence-corrected chi connectivity index (χ2v) is 18.7. The van der Waals surface area contributed by atoms with Gasteiger partial charge in [-0.05, 0) is 86.3 Å². The Hall–Kier alpha value is -5.64. The van der Waals surface area contributed by atoms with Gasteiger partial charge >= 0.3 is 0 Å². The van der Waals surface area contributed by atoms with E-state index in [0.29, 0.717) is 11.5 Å². The van der Waals surface area contributed by atoms with Gasteiger partial charge in [0.05, 0.1) is 0 Å². The molecule has 306 valence electrons. The van der Waals surface area contributed by atoms with E-state index >= 15 is 0 Å². The number of para-hydroxylation sites is 2. The summed E-state index contributed by atoms with van der Waals surface area (Å²) < 4.78 is 8.88. The van der Waals surface area contributed by atoms with Crippen LogP contribution in [-0.2, 0) is 37.3 Å². The molecule has 0 radical (unpaired) electrons. The number of benzene rings is 6. The summed E-state index contributed by atoms with van der Waals surface area (Å²) in [6.07, 6.45) is 1.91. The zero-order valence-electron chi connectivity index (χ0n) is 35.9. The Morgan fingerprint density at radius 1 is 0.533 bits per heavy atom. The maximum absolute atomic E-state index is 6.65. The molecule has 60 heavy (non-hydrogen) atoms. The van der Waals surface area contributed by atoms with E-state index in [0.717, 1.165) is 45.0 Å². The van der Waals surface area contributed by atoms with Gasteiger partial charge in [-0.25, -0.2) is 4.98 Å². The molecule has 1 aliphatic rings. The SMILES string of the molecule is CC(C)(C)c1ccnc(-n2c3[c-]c(Oc4[c-]c(N5[CH-]N(c6ccc(C(C)(C)C)cc6-c6ccccc6)c6ccccc65)ccc4)ccc3c3cc(C(C)(C)C)ccc32)c1.[Pt]. The van der Waals surface area contributed by atoms with Crippen LogP contribution in [0.2, 0.25) is 0 Å². The first kappa shape index (κ1) is 41.1. The molecule has 0 fully saturated rings. The molecule has 0 bridgehead atoms. The molecule has 0 unspecified atom stereocenters. The predicted molar refractivity (Wildman–Crippen MR) is 246 cm³/mol. The molecule has 0 saturated carbocycles. The minimum atomic E-state index is -0.0277. The Labute approximate surface area is 369 Å². The van der Waals surface area contributed by atoms with E-state index in [-0.39, 0.29) is 37.3 Å². The fourth-order valence-electron chi connectivity index (χ4n) is 8.01. The standard InChI is InChI=1S/C54H51N4O.Pt/c1-52(2,3)37-22-26-46(44(30-37)36-16-11-10-12-17-36)57-35-56(48-20-13-14-21-49(48)57)40-18-15-19-41(33-40)59-42-24-25-43-45-31-38(53(4,5)6)23-27-47(45)58(50(43)34-42)51-32-39(28-29-55-51)54(7,8)9;/h10-32,35H,1-9H3;/q-3;. The van der Waals surface area contributed by atoms with E-state index in [1.807, 2.05) is 24.4 Å². The molecule has 0 aliphatic carbocycles. The van der Waals surface area contributed by atoms with Gasteiger partial charge in [0.1, 0.15) is 5.82 Å². The summed E-state index contributed by atoms with van der Waals surface area (Å²) >= 11 is 0. The van der Waals surface area contributed by atoms with Gasteiger partial charge in [0.15, 0.2) is 0 Å². The number of rotatable bonds is 6. The summed E-state index contributed by atoms with van der Waals surface area (Å²) in [5.74, 6) is 2.07. The van der Waals surface area contributed by atoms with Gasteiger partial charge < -0.3 is 19.1 Å². The van der Waals surface area contributed by atoms with Crippen molar-refractivity contribution in [1.82, 2.24) is 9.55 Å². The van der Waals surface area contributed by atoms with Gasteiger partial charge in [-0.15, -0.1) is 48.1 Å². The fourth-order valence-corrected chi connectivity index (χ4v) is 8.01. The molecule has 8 aromatic rings. The molecule has 5 nitrogen and oxygen atoms in total. The maximum atomic E-state index is 6.65. The molecule has 0 N–H and O–H groups in total. The van der Waals surface area contributed by atoms with Crippen molar-refractivity contribution in [3.63, 3.8) is 0 Å². The van der Waals surface area contributed by atoms with Crippen LogP contribution in [0.3, 0.4) is 0 Å². The first-order valence-electron chi connectivity index (χ1n) is 20.5. The molecule has 0 amide bonds. The molecule has 9 rings (SSSR count). The summed E-state index contributed by atoms with van der Waals surface area (Å²) in [6.45, 7) is 22.4. The van der Waals surface area contributed by atoms with Crippen LogP contribution in [0.5, 0.6) is 11.5 Å². The van der Waals surface area contributed by atoms with Crippen molar-refractivity contribution >= 4 is 44.6 Å². The average molecular weight is 967 g/mol. The molecule has 6 aromatic carbocycles.